The van der Waals surface area contributed by atoms with Crippen LogP contribution in [0.2, 0.25) is 0 Å². The first-order valence-electron chi connectivity index (χ1n) is 5.62. The Hall–Kier alpha value is -1.30. The van der Waals surface area contributed by atoms with Gasteiger partial charge < -0.3 is 10.6 Å². The molecule has 0 aromatic heterocycles. The molecule has 0 aliphatic heterocycles. The summed E-state index contributed by atoms with van der Waals surface area (Å²) in [7, 11) is 0. The second-order valence-electron chi connectivity index (χ2n) is 4.09. The molecule has 1 unspecified atom stereocenters. The molecule has 0 saturated heterocycles. The van der Waals surface area contributed by atoms with Crippen LogP contribution < -0.4 is 10.6 Å². The van der Waals surface area contributed by atoms with Crippen molar-refractivity contribution in [2.24, 2.45) is 5.73 Å². The van der Waals surface area contributed by atoms with Crippen LogP contribution in [-0.4, -0.2) is 19.3 Å². The van der Waals surface area contributed by atoms with E-state index < -0.39 is 24.6 Å². The monoisotopic (exact) mass is 264 g/mol. The van der Waals surface area contributed by atoms with Crippen molar-refractivity contribution in [1.29, 1.82) is 0 Å². The van der Waals surface area contributed by atoms with Crippen molar-refractivity contribution in [2.75, 3.05) is 18.0 Å². The van der Waals surface area contributed by atoms with Crippen LogP contribution in [0.1, 0.15) is 25.5 Å². The third-order valence-corrected chi connectivity index (χ3v) is 2.58. The first-order chi connectivity index (χ1) is 8.26. The van der Waals surface area contributed by atoms with Gasteiger partial charge in [0.2, 0.25) is 0 Å². The zero-order chi connectivity index (χ0) is 13.9. The van der Waals surface area contributed by atoms with Gasteiger partial charge in [-0.05, 0) is 26.0 Å². The van der Waals surface area contributed by atoms with Gasteiger partial charge >= 0.3 is 6.18 Å². The molecule has 18 heavy (non-hydrogen) atoms. The first-order valence-corrected chi connectivity index (χ1v) is 5.62. The van der Waals surface area contributed by atoms with E-state index in [0.29, 0.717) is 0 Å². The molecule has 1 aromatic carbocycles. The predicted molar refractivity (Wildman–Crippen MR) is 62.9 cm³/mol. The van der Waals surface area contributed by atoms with E-state index in [2.05, 4.69) is 0 Å². The van der Waals surface area contributed by atoms with E-state index >= 15 is 0 Å². The van der Waals surface area contributed by atoms with Crippen LogP contribution >= 0.6 is 0 Å². The third kappa shape index (κ3) is 3.60. The van der Waals surface area contributed by atoms with Gasteiger partial charge in [-0.1, -0.05) is 6.07 Å². The van der Waals surface area contributed by atoms with Gasteiger partial charge in [-0.15, -0.1) is 0 Å². The molecule has 102 valence electrons. The normalized spacial score (nSPS) is 13.5. The molecule has 0 fully saturated rings. The van der Waals surface area contributed by atoms with Gasteiger partial charge in [-0.3, -0.25) is 0 Å². The van der Waals surface area contributed by atoms with E-state index in [1.807, 2.05) is 0 Å². The number of benzene rings is 1. The molecule has 1 rings (SSSR count). The smallest absolute Gasteiger partial charge is 0.363 e. The number of halogens is 4. The number of nitrogens with zero attached hydrogens (tertiary/aromatic N) is 1. The van der Waals surface area contributed by atoms with Gasteiger partial charge in [0, 0.05) is 23.8 Å². The topological polar surface area (TPSA) is 29.3 Å². The van der Waals surface area contributed by atoms with Crippen molar-refractivity contribution in [3.8, 4) is 0 Å². The summed E-state index contributed by atoms with van der Waals surface area (Å²) in [4.78, 5) is 1.07. The van der Waals surface area contributed by atoms with Crippen LogP contribution in [-0.2, 0) is 0 Å². The minimum atomic E-state index is -4.34. The highest BCUT2D eigenvalue weighted by Crippen LogP contribution is 2.30. The van der Waals surface area contributed by atoms with Gasteiger partial charge in [0.15, 0.2) is 0 Å². The first kappa shape index (κ1) is 14.8. The Bertz CT molecular complexity index is 402. The Kier molecular flexibility index (Phi) is 4.56. The number of anilines is 1. The summed E-state index contributed by atoms with van der Waals surface area (Å²) in [5, 5.41) is 0. The quantitative estimate of drug-likeness (QED) is 0.846. The van der Waals surface area contributed by atoms with Crippen LogP contribution in [0.25, 0.3) is 0 Å². The molecule has 2 N–H and O–H groups in total. The summed E-state index contributed by atoms with van der Waals surface area (Å²) >= 11 is 0. The largest absolute Gasteiger partial charge is 0.405 e. The fourth-order valence-corrected chi connectivity index (χ4v) is 1.84. The minimum absolute atomic E-state index is 0.114. The average molecular weight is 264 g/mol. The molecule has 0 spiro atoms. The highest BCUT2D eigenvalue weighted by Gasteiger charge is 2.31. The Labute approximate surface area is 103 Å². The molecular weight excluding hydrogens is 248 g/mol. The minimum Gasteiger partial charge on any atom is -0.363 e. The fourth-order valence-electron chi connectivity index (χ4n) is 1.84. The van der Waals surface area contributed by atoms with Crippen LogP contribution in [0.4, 0.5) is 23.2 Å². The van der Waals surface area contributed by atoms with Gasteiger partial charge in [0.25, 0.3) is 0 Å². The summed E-state index contributed by atoms with van der Waals surface area (Å²) in [5.41, 5.74) is 5.94. The van der Waals surface area contributed by atoms with E-state index in [-0.39, 0.29) is 17.8 Å². The molecular formula is C12H16F4N2. The van der Waals surface area contributed by atoms with Gasteiger partial charge in [0.05, 0.1) is 0 Å². The maximum absolute atomic E-state index is 13.6. The van der Waals surface area contributed by atoms with Crippen LogP contribution in [0, 0.1) is 5.82 Å². The molecule has 0 aliphatic rings. The van der Waals surface area contributed by atoms with E-state index in [4.69, 9.17) is 5.73 Å². The highest BCUT2D eigenvalue weighted by molar-refractivity contribution is 5.55. The highest BCUT2D eigenvalue weighted by atomic mass is 19.4. The number of rotatable bonds is 4. The maximum Gasteiger partial charge on any atom is 0.405 e. The summed E-state index contributed by atoms with van der Waals surface area (Å²) in [5.74, 6) is -0.580. The molecule has 0 radical (unpaired) electrons. The molecule has 0 saturated carbocycles. The van der Waals surface area contributed by atoms with Crippen LogP contribution in [0.3, 0.4) is 0 Å². The summed E-state index contributed by atoms with van der Waals surface area (Å²) in [6, 6.07) is 3.37. The lowest BCUT2D eigenvalue weighted by Gasteiger charge is -2.28. The molecule has 1 atom stereocenters. The van der Waals surface area contributed by atoms with Crippen molar-refractivity contribution in [3.05, 3.63) is 29.6 Å². The molecule has 0 bridgehead atoms. The predicted octanol–water partition coefficient (Wildman–Crippen LogP) is 3.23. The molecule has 1 aromatic rings. The molecule has 2 nitrogen and oxygen atoms in total. The van der Waals surface area contributed by atoms with E-state index in [1.165, 1.54) is 18.2 Å². The lowest BCUT2D eigenvalue weighted by Crippen LogP contribution is -2.35. The zero-order valence-corrected chi connectivity index (χ0v) is 10.3. The SMILES string of the molecule is CCN(CC(F)(F)F)c1cccc(F)c1C(C)N. The van der Waals surface area contributed by atoms with Crippen LogP contribution in [0.5, 0.6) is 0 Å². The van der Waals surface area contributed by atoms with Crippen molar-refractivity contribution in [1.82, 2.24) is 0 Å². The van der Waals surface area contributed by atoms with Crippen molar-refractivity contribution in [2.45, 2.75) is 26.1 Å². The number of alkyl halides is 3. The number of hydrogen-bond donors (Lipinski definition) is 1. The zero-order valence-electron chi connectivity index (χ0n) is 10.3. The molecule has 0 aliphatic carbocycles. The second-order valence-corrected chi connectivity index (χ2v) is 4.09. The fraction of sp³-hybridized carbons (Fsp3) is 0.500. The van der Waals surface area contributed by atoms with Gasteiger partial charge in [-0.25, -0.2) is 4.39 Å². The molecule has 0 heterocycles. The summed E-state index contributed by atoms with van der Waals surface area (Å²) in [6.07, 6.45) is -4.34. The lowest BCUT2D eigenvalue weighted by atomic mass is 10.0. The van der Waals surface area contributed by atoms with E-state index in [1.54, 1.807) is 13.8 Å². The van der Waals surface area contributed by atoms with Crippen molar-refractivity contribution in [3.63, 3.8) is 0 Å². The van der Waals surface area contributed by atoms with E-state index in [9.17, 15) is 17.6 Å². The number of hydrogen-bond acceptors (Lipinski definition) is 2. The summed E-state index contributed by atoms with van der Waals surface area (Å²) in [6.45, 7) is 2.14. The molecule has 0 amide bonds. The van der Waals surface area contributed by atoms with Crippen molar-refractivity contribution < 1.29 is 17.6 Å². The molecule has 6 heteroatoms. The Morgan fingerprint density at radius 1 is 1.33 bits per heavy atom. The second kappa shape index (κ2) is 5.56. The van der Waals surface area contributed by atoms with Crippen molar-refractivity contribution >= 4 is 5.69 Å². The maximum atomic E-state index is 13.6. The number of nitrogens with two attached hydrogens (primary N) is 1. The van der Waals surface area contributed by atoms with Gasteiger partial charge in [-0.2, -0.15) is 13.2 Å². The average Bonchev–Trinajstić information content (AvgIpc) is 2.23. The lowest BCUT2D eigenvalue weighted by molar-refractivity contribution is -0.119. The third-order valence-electron chi connectivity index (χ3n) is 2.58. The van der Waals surface area contributed by atoms with E-state index in [0.717, 1.165) is 4.90 Å². The Morgan fingerprint density at radius 3 is 2.39 bits per heavy atom. The Balaban J connectivity index is 3.17. The standard InChI is InChI=1S/C12H16F4N2/c1-3-18(7-12(14,15)16)10-6-4-5-9(13)11(10)8(2)17/h4-6,8H,3,7,17H2,1-2H3. The summed E-state index contributed by atoms with van der Waals surface area (Å²) < 4.78 is 51.0. The Morgan fingerprint density at radius 2 is 1.94 bits per heavy atom. The van der Waals surface area contributed by atoms with Crippen LogP contribution in [0.15, 0.2) is 18.2 Å². The van der Waals surface area contributed by atoms with Gasteiger partial charge in [0.1, 0.15) is 12.4 Å².